The van der Waals surface area contributed by atoms with Gasteiger partial charge in [0, 0.05) is 26.6 Å². The van der Waals surface area contributed by atoms with Crippen LogP contribution >= 0.6 is 0 Å². The minimum absolute atomic E-state index is 0.346. The predicted octanol–water partition coefficient (Wildman–Crippen LogP) is 0.100. The van der Waals surface area contributed by atoms with Crippen molar-refractivity contribution in [1.82, 2.24) is 19.3 Å². The fourth-order valence-corrected chi connectivity index (χ4v) is 3.69. The zero-order valence-electron chi connectivity index (χ0n) is 11.8. The monoisotopic (exact) mass is 300 g/mol. The Morgan fingerprint density at radius 3 is 2.75 bits per heavy atom. The van der Waals surface area contributed by atoms with Gasteiger partial charge in [0.25, 0.3) is 0 Å². The minimum Gasteiger partial charge on any atom is -0.379 e. The van der Waals surface area contributed by atoms with Crippen LogP contribution in [0.1, 0.15) is 30.3 Å². The van der Waals surface area contributed by atoms with E-state index in [9.17, 15) is 8.42 Å². The molecule has 1 fully saturated rings. The molecular weight excluding hydrogens is 280 g/mol. The number of ether oxygens (including phenoxy) is 1. The Morgan fingerprint density at radius 1 is 1.35 bits per heavy atom. The second kappa shape index (κ2) is 5.09. The standard InChI is InChI=1S/C12H20N4O3S/c1-15-10-5-6-16(20(2,17)18)11(12(10)13-14-15)8-19-7-9-3-4-9/h9,11H,3-8H2,1-2H3. The summed E-state index contributed by atoms with van der Waals surface area (Å²) >= 11 is 0. The normalized spacial score (nSPS) is 23.8. The first-order valence-electron chi connectivity index (χ1n) is 6.90. The molecule has 2 heterocycles. The van der Waals surface area contributed by atoms with Crippen LogP contribution in [0.25, 0.3) is 0 Å². The highest BCUT2D eigenvalue weighted by atomic mass is 32.2. The maximum absolute atomic E-state index is 11.9. The summed E-state index contributed by atoms with van der Waals surface area (Å²) in [7, 11) is -1.43. The highest BCUT2D eigenvalue weighted by Crippen LogP contribution is 2.32. The lowest BCUT2D eigenvalue weighted by Crippen LogP contribution is -2.42. The molecule has 1 saturated carbocycles. The van der Waals surface area contributed by atoms with Crippen molar-refractivity contribution in [2.45, 2.75) is 25.3 Å². The van der Waals surface area contributed by atoms with Gasteiger partial charge in [0.2, 0.25) is 10.0 Å². The minimum atomic E-state index is -3.27. The van der Waals surface area contributed by atoms with Crippen molar-refractivity contribution in [2.75, 3.05) is 26.0 Å². The van der Waals surface area contributed by atoms with Gasteiger partial charge in [-0.25, -0.2) is 8.42 Å². The fraction of sp³-hybridized carbons (Fsp3) is 0.833. The first-order valence-corrected chi connectivity index (χ1v) is 8.74. The molecule has 0 saturated heterocycles. The molecule has 0 bridgehead atoms. The van der Waals surface area contributed by atoms with Crippen LogP contribution in [-0.4, -0.2) is 53.7 Å². The Morgan fingerprint density at radius 2 is 2.10 bits per heavy atom. The maximum Gasteiger partial charge on any atom is 0.211 e. The van der Waals surface area contributed by atoms with Gasteiger partial charge in [0.1, 0.15) is 5.69 Å². The molecule has 20 heavy (non-hydrogen) atoms. The van der Waals surface area contributed by atoms with E-state index in [1.165, 1.54) is 23.4 Å². The summed E-state index contributed by atoms with van der Waals surface area (Å²) in [6.45, 7) is 1.53. The van der Waals surface area contributed by atoms with Crippen LogP contribution in [-0.2, 0) is 28.2 Å². The van der Waals surface area contributed by atoms with Crippen LogP contribution in [0.5, 0.6) is 0 Å². The lowest BCUT2D eigenvalue weighted by molar-refractivity contribution is 0.0763. The van der Waals surface area contributed by atoms with Crippen molar-refractivity contribution in [2.24, 2.45) is 13.0 Å². The van der Waals surface area contributed by atoms with E-state index in [0.29, 0.717) is 32.1 Å². The molecule has 0 N–H and O–H groups in total. The topological polar surface area (TPSA) is 77.3 Å². The van der Waals surface area contributed by atoms with E-state index in [2.05, 4.69) is 10.3 Å². The van der Waals surface area contributed by atoms with Crippen molar-refractivity contribution in [1.29, 1.82) is 0 Å². The molecule has 1 aliphatic heterocycles. The molecule has 112 valence electrons. The van der Waals surface area contributed by atoms with E-state index in [1.54, 1.807) is 4.68 Å². The van der Waals surface area contributed by atoms with Gasteiger partial charge in [0.15, 0.2) is 0 Å². The lowest BCUT2D eigenvalue weighted by atomic mass is 10.1. The zero-order valence-corrected chi connectivity index (χ0v) is 12.6. The molecule has 0 spiro atoms. The number of hydrogen-bond donors (Lipinski definition) is 0. The third-order valence-corrected chi connectivity index (χ3v) is 5.25. The predicted molar refractivity (Wildman–Crippen MR) is 72.5 cm³/mol. The third-order valence-electron chi connectivity index (χ3n) is 3.96. The number of nitrogens with zero attached hydrogens (tertiary/aromatic N) is 4. The van der Waals surface area contributed by atoms with Crippen LogP contribution < -0.4 is 0 Å². The van der Waals surface area contributed by atoms with Gasteiger partial charge in [-0.1, -0.05) is 5.21 Å². The molecule has 1 unspecified atom stereocenters. The summed E-state index contributed by atoms with van der Waals surface area (Å²) in [5, 5.41) is 8.15. The Balaban J connectivity index is 1.81. The van der Waals surface area contributed by atoms with E-state index in [0.717, 1.165) is 11.4 Å². The molecule has 0 aromatic carbocycles. The fourth-order valence-electron chi connectivity index (χ4n) is 2.64. The van der Waals surface area contributed by atoms with E-state index in [-0.39, 0.29) is 6.04 Å². The first-order chi connectivity index (χ1) is 9.47. The first kappa shape index (κ1) is 14.0. The lowest BCUT2D eigenvalue weighted by Gasteiger charge is -2.32. The highest BCUT2D eigenvalue weighted by molar-refractivity contribution is 7.88. The number of fused-ring (bicyclic) bond motifs is 1. The second-order valence-corrected chi connectivity index (χ2v) is 7.60. The highest BCUT2D eigenvalue weighted by Gasteiger charge is 2.37. The number of rotatable bonds is 5. The molecule has 1 aliphatic carbocycles. The largest absolute Gasteiger partial charge is 0.379 e. The second-order valence-electron chi connectivity index (χ2n) is 5.67. The smallest absolute Gasteiger partial charge is 0.211 e. The van der Waals surface area contributed by atoms with E-state index in [1.807, 2.05) is 7.05 Å². The molecule has 3 rings (SSSR count). The Kier molecular flexibility index (Phi) is 3.55. The quantitative estimate of drug-likeness (QED) is 0.771. The van der Waals surface area contributed by atoms with Gasteiger partial charge in [-0.15, -0.1) is 5.10 Å². The van der Waals surface area contributed by atoms with Crippen molar-refractivity contribution in [3.8, 4) is 0 Å². The summed E-state index contributed by atoms with van der Waals surface area (Å²) < 4.78 is 32.8. The number of aromatic nitrogens is 3. The number of aryl methyl sites for hydroxylation is 1. The van der Waals surface area contributed by atoms with Gasteiger partial charge < -0.3 is 4.74 Å². The molecular formula is C12H20N4O3S. The maximum atomic E-state index is 11.9. The number of hydrogen-bond acceptors (Lipinski definition) is 5. The van der Waals surface area contributed by atoms with Crippen LogP contribution in [0, 0.1) is 5.92 Å². The number of sulfonamides is 1. The Labute approximate surface area is 118 Å². The molecule has 0 amide bonds. The molecule has 8 heteroatoms. The Hall–Kier alpha value is -0.990. The third kappa shape index (κ3) is 2.72. The van der Waals surface area contributed by atoms with Crippen molar-refractivity contribution in [3.63, 3.8) is 0 Å². The average molecular weight is 300 g/mol. The van der Waals surface area contributed by atoms with Crippen molar-refractivity contribution >= 4 is 10.0 Å². The van der Waals surface area contributed by atoms with Gasteiger partial charge in [-0.05, 0) is 18.8 Å². The zero-order chi connectivity index (χ0) is 14.3. The van der Waals surface area contributed by atoms with E-state index >= 15 is 0 Å². The summed E-state index contributed by atoms with van der Waals surface area (Å²) in [5.74, 6) is 0.659. The summed E-state index contributed by atoms with van der Waals surface area (Å²) in [4.78, 5) is 0. The Bertz CT molecular complexity index is 594. The van der Waals surface area contributed by atoms with Gasteiger partial charge >= 0.3 is 0 Å². The van der Waals surface area contributed by atoms with Gasteiger partial charge in [-0.2, -0.15) is 4.31 Å². The van der Waals surface area contributed by atoms with Gasteiger partial charge in [0.05, 0.1) is 24.6 Å². The van der Waals surface area contributed by atoms with Crippen LogP contribution in [0.2, 0.25) is 0 Å². The molecule has 1 atom stereocenters. The van der Waals surface area contributed by atoms with E-state index < -0.39 is 10.0 Å². The molecule has 1 aromatic rings. The summed E-state index contributed by atoms with van der Waals surface area (Å²) in [5.41, 5.74) is 1.74. The molecule has 1 aromatic heterocycles. The molecule has 0 radical (unpaired) electrons. The SMILES string of the molecule is Cn1nnc2c1CCN(S(C)(=O)=O)C2COCC1CC1. The average Bonchev–Trinajstić information content (AvgIpc) is 3.12. The molecule has 7 nitrogen and oxygen atoms in total. The van der Waals surface area contributed by atoms with Crippen LogP contribution in [0.3, 0.4) is 0 Å². The van der Waals surface area contributed by atoms with Crippen molar-refractivity contribution in [3.05, 3.63) is 11.4 Å². The summed E-state index contributed by atoms with van der Waals surface area (Å²) in [6.07, 6.45) is 4.32. The van der Waals surface area contributed by atoms with Crippen LogP contribution in [0.4, 0.5) is 0 Å². The van der Waals surface area contributed by atoms with Crippen LogP contribution in [0.15, 0.2) is 0 Å². The molecule has 2 aliphatic rings. The van der Waals surface area contributed by atoms with E-state index in [4.69, 9.17) is 4.74 Å². The van der Waals surface area contributed by atoms with Crippen molar-refractivity contribution < 1.29 is 13.2 Å². The summed E-state index contributed by atoms with van der Waals surface area (Å²) in [6, 6.07) is -0.346. The van der Waals surface area contributed by atoms with Gasteiger partial charge in [-0.3, -0.25) is 4.68 Å².